The molecule has 0 aromatic carbocycles. The molecular weight excluding hydrogens is 183 g/mol. The molecule has 9 heavy (non-hydrogen) atoms. The summed E-state index contributed by atoms with van der Waals surface area (Å²) in [6, 6.07) is 0. The Morgan fingerprint density at radius 1 is 1.89 bits per heavy atom. The van der Waals surface area contributed by atoms with Gasteiger partial charge in [0.15, 0.2) is 0 Å². The predicted octanol–water partition coefficient (Wildman–Crippen LogP) is 0.459. The molecule has 1 atom stereocenters. The van der Waals surface area contributed by atoms with Crippen LogP contribution in [-0.2, 0) is 21.6 Å². The fraction of sp³-hybridized carbons (Fsp3) is 0.600. The van der Waals surface area contributed by atoms with Crippen molar-refractivity contribution in [1.29, 1.82) is 0 Å². The van der Waals surface area contributed by atoms with E-state index in [0.29, 0.717) is 0 Å². The van der Waals surface area contributed by atoms with Crippen molar-refractivity contribution in [2.75, 3.05) is 6.26 Å². The second-order valence-electron chi connectivity index (χ2n) is 1.33. The summed E-state index contributed by atoms with van der Waals surface area (Å²) >= 11 is 1.03. The van der Waals surface area contributed by atoms with Gasteiger partial charge >= 0.3 is 0 Å². The van der Waals surface area contributed by atoms with Crippen molar-refractivity contribution >= 4 is 16.9 Å². The Morgan fingerprint density at radius 3 is 2.44 bits per heavy atom. The van der Waals surface area contributed by atoms with E-state index < -0.39 is 6.10 Å². The van der Waals surface area contributed by atoms with E-state index in [1.54, 1.807) is 6.26 Å². The van der Waals surface area contributed by atoms with Crippen LogP contribution in [0.2, 0.25) is 0 Å². The second kappa shape index (κ2) is 6.60. The first-order valence-corrected chi connectivity index (χ1v) is 3.50. The van der Waals surface area contributed by atoms with Crippen LogP contribution in [0.15, 0.2) is 0 Å². The topological polar surface area (TPSA) is 37.3 Å². The van der Waals surface area contributed by atoms with Gasteiger partial charge in [0.1, 0.15) is 0 Å². The summed E-state index contributed by atoms with van der Waals surface area (Å²) in [5, 5.41) is 8.49. The van der Waals surface area contributed by atoms with Crippen LogP contribution >= 0.6 is 11.8 Å². The Balaban J connectivity index is 0. The number of carbonyl (C=O) groups excluding carboxylic acids is 1. The third-order valence-electron chi connectivity index (χ3n) is 0.747. The molecule has 0 spiro atoms. The molecule has 4 heteroatoms. The molecule has 0 aliphatic rings. The maximum Gasteiger partial charge on any atom is 0.214 e. The summed E-state index contributed by atoms with van der Waals surface area (Å²) in [5.74, 6) is 0. The number of carbonyl (C=O) groups is 1. The van der Waals surface area contributed by atoms with Crippen molar-refractivity contribution in [2.45, 2.75) is 12.5 Å². The van der Waals surface area contributed by atoms with Crippen molar-refractivity contribution in [3.05, 3.63) is 6.92 Å². The Bertz CT molecular complexity index is 87.0. The van der Waals surface area contributed by atoms with Gasteiger partial charge < -0.3 is 12.0 Å². The zero-order valence-electron chi connectivity index (χ0n) is 5.09. The summed E-state index contributed by atoms with van der Waals surface area (Å²) in [6.07, 6.45) is 1.03. The molecule has 0 aromatic rings. The summed E-state index contributed by atoms with van der Waals surface area (Å²) in [4.78, 5) is 10.4. The van der Waals surface area contributed by atoms with E-state index >= 15 is 0 Å². The Kier molecular flexibility index (Phi) is 8.95. The number of rotatable bonds is 2. The molecule has 0 bridgehead atoms. The van der Waals surface area contributed by atoms with Gasteiger partial charge in [0.2, 0.25) is 5.12 Å². The molecular formula is C5H9CoO2S-. The van der Waals surface area contributed by atoms with Gasteiger partial charge in [0, 0.05) is 16.8 Å². The smallest absolute Gasteiger partial charge is 0.214 e. The Hall–Kier alpha value is 0.486. The van der Waals surface area contributed by atoms with Gasteiger partial charge in [-0.15, -0.1) is 6.42 Å². The molecule has 0 aliphatic carbocycles. The third kappa shape index (κ3) is 4.96. The Morgan fingerprint density at radius 2 is 2.33 bits per heavy atom. The van der Waals surface area contributed by atoms with E-state index in [9.17, 15) is 4.79 Å². The standard InChI is InChI=1S/C5H9O2S.Co/c1-3-4(6)5(7)8-2;/h4,6H,1,3H2,2H3;/q-1;. The molecule has 57 valence electrons. The van der Waals surface area contributed by atoms with Crippen LogP contribution in [0.25, 0.3) is 0 Å². The number of hydrogen-bond donors (Lipinski definition) is 1. The van der Waals surface area contributed by atoms with Gasteiger partial charge in [-0.1, -0.05) is 11.8 Å². The molecule has 0 aromatic heterocycles. The zero-order valence-corrected chi connectivity index (χ0v) is 6.95. The molecule has 0 saturated carbocycles. The summed E-state index contributed by atoms with van der Waals surface area (Å²) in [6.45, 7) is 3.37. The van der Waals surface area contributed by atoms with E-state index in [-0.39, 0.29) is 28.3 Å². The van der Waals surface area contributed by atoms with E-state index in [0.717, 1.165) is 11.8 Å². The predicted molar refractivity (Wildman–Crippen MR) is 34.5 cm³/mol. The van der Waals surface area contributed by atoms with Gasteiger partial charge in [-0.05, 0) is 6.26 Å². The minimum atomic E-state index is -0.870. The summed E-state index contributed by atoms with van der Waals surface area (Å²) in [7, 11) is 0. The van der Waals surface area contributed by atoms with Gasteiger partial charge in [-0.2, -0.15) is 0 Å². The average molecular weight is 192 g/mol. The number of thioether (sulfide) groups is 1. The van der Waals surface area contributed by atoms with Crippen LogP contribution in [0.1, 0.15) is 6.42 Å². The van der Waals surface area contributed by atoms with Gasteiger partial charge in [-0.25, -0.2) is 0 Å². The quantitative estimate of drug-likeness (QED) is 0.646. The minimum Gasteiger partial charge on any atom is -0.387 e. The molecule has 1 unspecified atom stereocenters. The first-order valence-electron chi connectivity index (χ1n) is 2.27. The molecule has 1 radical (unpaired) electrons. The van der Waals surface area contributed by atoms with Crippen LogP contribution < -0.4 is 0 Å². The molecule has 0 aliphatic heterocycles. The monoisotopic (exact) mass is 192 g/mol. The van der Waals surface area contributed by atoms with Crippen LogP contribution in [0.3, 0.4) is 0 Å². The normalized spacial score (nSPS) is 11.9. The van der Waals surface area contributed by atoms with E-state index in [4.69, 9.17) is 5.11 Å². The fourth-order valence-corrected chi connectivity index (χ4v) is 0.644. The molecule has 0 saturated heterocycles. The molecule has 0 rings (SSSR count). The molecule has 0 fully saturated rings. The van der Waals surface area contributed by atoms with Crippen molar-refractivity contribution < 1.29 is 26.7 Å². The molecule has 0 heterocycles. The van der Waals surface area contributed by atoms with Crippen molar-refractivity contribution in [3.8, 4) is 0 Å². The average Bonchev–Trinajstić information content (AvgIpc) is 1.84. The SMILES string of the molecule is [CH2-]CC(O)C(=O)SC.[Co]. The van der Waals surface area contributed by atoms with Crippen molar-refractivity contribution in [2.24, 2.45) is 0 Å². The van der Waals surface area contributed by atoms with Crippen molar-refractivity contribution in [3.63, 3.8) is 0 Å². The summed E-state index contributed by atoms with van der Waals surface area (Å²) in [5.41, 5.74) is 0. The minimum absolute atomic E-state index is 0. The number of aliphatic hydroxyl groups excluding tert-OH is 1. The van der Waals surface area contributed by atoms with Crippen LogP contribution in [0, 0.1) is 6.92 Å². The fourth-order valence-electron chi connectivity index (χ4n) is 0.254. The van der Waals surface area contributed by atoms with Gasteiger partial charge in [0.25, 0.3) is 0 Å². The van der Waals surface area contributed by atoms with Gasteiger partial charge in [-0.3, -0.25) is 4.79 Å². The maximum absolute atomic E-state index is 10.4. The van der Waals surface area contributed by atoms with E-state index in [1.807, 2.05) is 0 Å². The van der Waals surface area contributed by atoms with E-state index in [1.165, 1.54) is 0 Å². The van der Waals surface area contributed by atoms with Crippen LogP contribution in [-0.4, -0.2) is 22.6 Å². The van der Waals surface area contributed by atoms with E-state index in [2.05, 4.69) is 6.92 Å². The first-order chi connectivity index (χ1) is 3.72. The Labute approximate surface area is 69.6 Å². The largest absolute Gasteiger partial charge is 0.387 e. The summed E-state index contributed by atoms with van der Waals surface area (Å²) < 4.78 is 0. The van der Waals surface area contributed by atoms with Crippen LogP contribution in [0.4, 0.5) is 0 Å². The maximum atomic E-state index is 10.4. The first kappa shape index (κ1) is 12.2. The van der Waals surface area contributed by atoms with Gasteiger partial charge in [0.05, 0.1) is 6.10 Å². The van der Waals surface area contributed by atoms with Crippen LogP contribution in [0.5, 0.6) is 0 Å². The molecule has 1 N–H and O–H groups in total. The molecule has 2 nitrogen and oxygen atoms in total. The number of hydrogen-bond acceptors (Lipinski definition) is 3. The van der Waals surface area contributed by atoms with Crippen molar-refractivity contribution in [1.82, 2.24) is 0 Å². The number of aliphatic hydroxyl groups is 1. The zero-order chi connectivity index (χ0) is 6.57. The third-order valence-corrected chi connectivity index (χ3v) is 1.42. The second-order valence-corrected chi connectivity index (χ2v) is 2.14. The molecule has 0 amide bonds.